The molecule has 0 spiro atoms. The van der Waals surface area contributed by atoms with Gasteiger partial charge in [-0.3, -0.25) is 55.8 Å². The number of carbonyl (C=O) groups is 4. The van der Waals surface area contributed by atoms with Crippen molar-refractivity contribution in [2.45, 2.75) is 42.4 Å². The SMILES string of the molecule is CC(=O)Cl.CC(=O)NNc1ccc(S(=O)(=O)F)cc1.CC(=O)NNc1ccc(S(=O)(=O)O)cc1.CC(=O)O.Fc1nc(F)nc(F)n1.NNc1ccc(S(=O)(=O)O)cc1. The summed E-state index contributed by atoms with van der Waals surface area (Å²) in [5.41, 5.74) is 13.5. The molecule has 4 rings (SSSR count). The molecular weight excluding hydrogens is 890 g/mol. The molecule has 3 aromatic carbocycles. The summed E-state index contributed by atoms with van der Waals surface area (Å²) < 4.78 is 128. The predicted octanol–water partition coefficient (Wildman–Crippen LogP) is 2.57. The van der Waals surface area contributed by atoms with E-state index in [9.17, 15) is 56.7 Å². The smallest absolute Gasteiger partial charge is 0.332 e. The van der Waals surface area contributed by atoms with Crippen LogP contribution in [0.2, 0.25) is 0 Å². The zero-order valence-electron chi connectivity index (χ0n) is 30.4. The fourth-order valence-electron chi connectivity index (χ4n) is 2.76. The molecular formula is C29H34ClF4N9O13S3. The Morgan fingerprint density at radius 2 is 0.814 bits per heavy atom. The van der Waals surface area contributed by atoms with Crippen LogP contribution in [-0.4, -0.2) is 77.4 Å². The molecule has 10 N–H and O–H groups in total. The number of hydrazine groups is 3. The van der Waals surface area contributed by atoms with Crippen LogP contribution in [0.5, 0.6) is 0 Å². The van der Waals surface area contributed by atoms with E-state index in [-0.39, 0.29) is 26.8 Å². The number of hydrogen-bond acceptors (Lipinski definition) is 17. The van der Waals surface area contributed by atoms with Crippen LogP contribution < -0.4 is 33.0 Å². The van der Waals surface area contributed by atoms with Crippen LogP contribution in [0.25, 0.3) is 0 Å². The highest BCUT2D eigenvalue weighted by Crippen LogP contribution is 2.16. The highest BCUT2D eigenvalue weighted by Gasteiger charge is 2.11. The van der Waals surface area contributed by atoms with Crippen molar-refractivity contribution in [3.05, 3.63) is 91.0 Å². The average molecular weight is 924 g/mol. The molecule has 0 atom stereocenters. The zero-order valence-corrected chi connectivity index (χ0v) is 33.6. The largest absolute Gasteiger partial charge is 0.481 e. The van der Waals surface area contributed by atoms with E-state index in [1.807, 2.05) is 0 Å². The fourth-order valence-corrected chi connectivity index (χ4v) is 4.18. The van der Waals surface area contributed by atoms with Gasteiger partial charge in [0.15, 0.2) is 0 Å². The minimum absolute atomic E-state index is 0.151. The van der Waals surface area contributed by atoms with Crippen LogP contribution in [0, 0.1) is 18.2 Å². The van der Waals surface area contributed by atoms with E-state index in [2.05, 4.69) is 53.7 Å². The van der Waals surface area contributed by atoms with E-state index < -0.39 is 59.6 Å². The lowest BCUT2D eigenvalue weighted by Crippen LogP contribution is -2.26. The van der Waals surface area contributed by atoms with Gasteiger partial charge in [-0.2, -0.15) is 53.4 Å². The molecule has 0 saturated carbocycles. The van der Waals surface area contributed by atoms with Gasteiger partial charge in [0, 0.05) is 33.4 Å². The predicted molar refractivity (Wildman–Crippen MR) is 199 cm³/mol. The number of nitrogens with one attached hydrogen (secondary N) is 5. The number of carboxylic acid groups (broad SMARTS) is 1. The van der Waals surface area contributed by atoms with Gasteiger partial charge in [-0.15, -0.1) is 3.89 Å². The summed E-state index contributed by atoms with van der Waals surface area (Å²) in [7, 11) is -12.9. The Labute approximate surface area is 338 Å². The number of aliphatic carboxylic acids is 1. The lowest BCUT2D eigenvalue weighted by atomic mass is 10.3. The van der Waals surface area contributed by atoms with Crippen molar-refractivity contribution in [2.24, 2.45) is 5.84 Å². The third kappa shape index (κ3) is 29.7. The van der Waals surface area contributed by atoms with E-state index in [1.54, 1.807) is 0 Å². The number of halogens is 5. The van der Waals surface area contributed by atoms with Crippen molar-refractivity contribution in [1.82, 2.24) is 25.8 Å². The summed E-state index contributed by atoms with van der Waals surface area (Å²) in [5, 5.41) is 7.06. The first-order chi connectivity index (χ1) is 27.0. The maximum atomic E-state index is 12.4. The molecule has 59 heavy (non-hydrogen) atoms. The summed E-state index contributed by atoms with van der Waals surface area (Å²) in [6, 6.07) is 15.5. The first-order valence-electron chi connectivity index (χ1n) is 14.8. The summed E-state index contributed by atoms with van der Waals surface area (Å²) in [6.45, 7) is 5.02. The molecule has 0 radical (unpaired) electrons. The van der Waals surface area contributed by atoms with Gasteiger partial charge in [0.25, 0.3) is 26.2 Å². The van der Waals surface area contributed by atoms with Crippen LogP contribution in [0.15, 0.2) is 87.5 Å². The van der Waals surface area contributed by atoms with E-state index in [1.165, 1.54) is 81.4 Å². The maximum absolute atomic E-state index is 12.4. The minimum Gasteiger partial charge on any atom is -0.481 e. The van der Waals surface area contributed by atoms with Crippen LogP contribution in [0.3, 0.4) is 0 Å². The van der Waals surface area contributed by atoms with Crippen molar-refractivity contribution >= 4 is 82.1 Å². The van der Waals surface area contributed by atoms with E-state index in [0.717, 1.165) is 19.1 Å². The van der Waals surface area contributed by atoms with Crippen molar-refractivity contribution in [3.8, 4) is 0 Å². The molecule has 1 heterocycles. The van der Waals surface area contributed by atoms with E-state index in [0.29, 0.717) is 17.1 Å². The van der Waals surface area contributed by atoms with Gasteiger partial charge in [0.05, 0.1) is 26.1 Å². The van der Waals surface area contributed by atoms with E-state index in [4.69, 9.17) is 24.8 Å². The molecule has 0 aliphatic heterocycles. The number of carboxylic acids is 1. The summed E-state index contributed by atoms with van der Waals surface area (Å²) in [5.74, 6) is 3.65. The summed E-state index contributed by atoms with van der Waals surface area (Å²) >= 11 is 4.64. The monoisotopic (exact) mass is 923 g/mol. The van der Waals surface area contributed by atoms with Gasteiger partial charge in [0.2, 0.25) is 17.1 Å². The zero-order chi connectivity index (χ0) is 46.1. The Morgan fingerprint density at radius 1 is 0.576 bits per heavy atom. The number of rotatable bonds is 8. The summed E-state index contributed by atoms with van der Waals surface area (Å²) in [4.78, 5) is 45.8. The van der Waals surface area contributed by atoms with Gasteiger partial charge in [-0.1, -0.05) is 0 Å². The quantitative estimate of drug-likeness (QED) is 0.0403. The van der Waals surface area contributed by atoms with Crippen molar-refractivity contribution in [2.75, 3.05) is 16.3 Å². The molecule has 0 fully saturated rings. The third-order valence-corrected chi connectivity index (χ3v) is 7.50. The Bertz CT molecular complexity index is 2160. The number of nitrogens with two attached hydrogens (primary N) is 1. The Hall–Kier alpha value is -6.11. The Balaban J connectivity index is 0. The van der Waals surface area contributed by atoms with Crippen molar-refractivity contribution < 1.29 is 75.7 Å². The van der Waals surface area contributed by atoms with Gasteiger partial charge in [-0.05, 0) is 84.4 Å². The van der Waals surface area contributed by atoms with Crippen LogP contribution in [-0.2, 0) is 49.6 Å². The normalized spacial score (nSPS) is 10.1. The van der Waals surface area contributed by atoms with Gasteiger partial charge < -0.3 is 10.5 Å². The van der Waals surface area contributed by atoms with Crippen LogP contribution in [0.1, 0.15) is 27.7 Å². The Morgan fingerprint density at radius 3 is 1.02 bits per heavy atom. The molecule has 30 heteroatoms. The average Bonchev–Trinajstić information content (AvgIpc) is 3.09. The number of benzene rings is 3. The fraction of sp³-hybridized carbons (Fsp3) is 0.138. The molecule has 0 bridgehead atoms. The maximum Gasteiger partial charge on any atom is 0.332 e. The molecule has 0 unspecified atom stereocenters. The minimum atomic E-state index is -4.67. The standard InChI is InChI=1S/C8H9FN2O3S.C8H10N2O4S.C6H8N2O3S.C3F3N3.C2H3ClO.C2H4O2/c1-6(12)10-11-7-2-4-8(5-3-7)15(9,13)14;1-6(11)9-10-7-2-4-8(5-3-7)15(12,13)14;7-8-5-1-3-6(4-2-5)12(9,10)11;4-1-7-2(5)9-3(6)8-1;2*1-2(3)4/h2-5,11H,1H3,(H,10,12);2-5,10H,1H3,(H,9,11)(H,12,13,14);1-4,8H,7H2,(H,9,10,11);;1H3;1H3,(H,3,4). The topological polar surface area (TPSA) is 356 Å². The highest BCUT2D eigenvalue weighted by molar-refractivity contribution is 7.86. The van der Waals surface area contributed by atoms with Gasteiger partial charge >= 0.3 is 28.5 Å². The van der Waals surface area contributed by atoms with Crippen molar-refractivity contribution in [1.29, 1.82) is 0 Å². The molecule has 1 aromatic heterocycles. The number of anilines is 3. The van der Waals surface area contributed by atoms with E-state index >= 15 is 0 Å². The number of hydrogen-bond donors (Lipinski definition) is 9. The van der Waals surface area contributed by atoms with Crippen molar-refractivity contribution in [3.63, 3.8) is 0 Å². The molecule has 22 nitrogen and oxygen atoms in total. The third-order valence-electron chi connectivity index (χ3n) is 4.93. The Kier molecular flexibility index (Phi) is 24.9. The molecule has 2 amide bonds. The van der Waals surface area contributed by atoms with Crippen LogP contribution in [0.4, 0.5) is 34.1 Å². The first kappa shape index (κ1) is 55.0. The highest BCUT2D eigenvalue weighted by atomic mass is 35.5. The molecule has 326 valence electrons. The lowest BCUT2D eigenvalue weighted by Gasteiger charge is -2.06. The van der Waals surface area contributed by atoms with Gasteiger partial charge in [0.1, 0.15) is 0 Å². The number of aromatic nitrogens is 3. The number of amides is 2. The first-order valence-corrected chi connectivity index (χ1v) is 19.4. The second-order valence-corrected chi connectivity index (χ2v) is 14.6. The molecule has 4 aromatic rings. The second-order valence-electron chi connectivity index (χ2n) is 9.85. The second kappa shape index (κ2) is 26.7. The molecule has 0 aliphatic rings. The number of carbonyl (C=O) groups excluding carboxylic acids is 3. The molecule has 0 saturated heterocycles. The lowest BCUT2D eigenvalue weighted by molar-refractivity contribution is -0.134. The number of nitrogen functional groups attached to an aromatic ring is 1. The molecule has 0 aliphatic carbocycles. The number of nitrogens with zero attached hydrogens (tertiary/aromatic N) is 3. The van der Waals surface area contributed by atoms with Crippen LogP contribution >= 0.6 is 11.6 Å². The van der Waals surface area contributed by atoms with Gasteiger partial charge in [-0.25, -0.2) is 0 Å². The summed E-state index contributed by atoms with van der Waals surface area (Å²) in [6.07, 6.45) is -4.38.